The number of hydrogen-bond donors (Lipinski definition) is 1. The van der Waals surface area contributed by atoms with E-state index >= 15 is 0 Å². The van der Waals surface area contributed by atoms with Crippen LogP contribution >= 0.6 is 11.6 Å². The number of hydrogen-bond acceptors (Lipinski definition) is 1. The summed E-state index contributed by atoms with van der Waals surface area (Å²) in [6, 6.07) is 0. The molecule has 0 radical (unpaired) electrons. The molecule has 1 N–H and O–H groups in total. The van der Waals surface area contributed by atoms with Gasteiger partial charge < -0.3 is 5.32 Å². The summed E-state index contributed by atoms with van der Waals surface area (Å²) in [7, 11) is 0. The molecule has 4 saturated carbocycles. The first-order valence-corrected chi connectivity index (χ1v) is 8.26. The van der Waals surface area contributed by atoms with Crippen molar-refractivity contribution in [2.75, 3.05) is 0 Å². The Hall–Kier alpha value is -0.240. The Kier molecular flexibility index (Phi) is 3.36. The van der Waals surface area contributed by atoms with Gasteiger partial charge in [-0.1, -0.05) is 0 Å². The summed E-state index contributed by atoms with van der Waals surface area (Å²) in [5.41, 5.74) is -0.312. The van der Waals surface area contributed by atoms with Gasteiger partial charge in [0.2, 0.25) is 5.91 Å². The second kappa shape index (κ2) is 4.65. The predicted octanol–water partition coefficient (Wildman–Crippen LogP) is 3.58. The molecule has 0 saturated heterocycles. The standard InChI is InChI=1S/C16H26ClNO/c1-9(17)16(2,3)18-15(19)14-12-5-10-4-11(7-12)8-13(14)6-10/h9-14H,4-8H2,1-3H3,(H,18,19). The molecule has 2 nitrogen and oxygen atoms in total. The second-order valence-electron chi connectivity index (χ2n) is 7.78. The van der Waals surface area contributed by atoms with Gasteiger partial charge in [-0.25, -0.2) is 0 Å². The van der Waals surface area contributed by atoms with Gasteiger partial charge >= 0.3 is 0 Å². The molecule has 0 heterocycles. The molecule has 0 aromatic heterocycles. The quantitative estimate of drug-likeness (QED) is 0.788. The van der Waals surface area contributed by atoms with Crippen LogP contribution < -0.4 is 5.32 Å². The van der Waals surface area contributed by atoms with Crippen LogP contribution in [0.15, 0.2) is 0 Å². The number of amides is 1. The molecule has 0 spiro atoms. The SMILES string of the molecule is CC(Cl)C(C)(C)NC(=O)C1C2CC3CC(C2)CC1C3. The molecule has 0 aromatic rings. The van der Waals surface area contributed by atoms with Crippen molar-refractivity contribution in [3.05, 3.63) is 0 Å². The number of carbonyl (C=O) groups excluding carboxylic acids is 1. The van der Waals surface area contributed by atoms with Crippen molar-refractivity contribution in [1.29, 1.82) is 0 Å². The Balaban J connectivity index is 1.71. The molecule has 4 aliphatic carbocycles. The van der Waals surface area contributed by atoms with Crippen LogP contribution in [0.5, 0.6) is 0 Å². The van der Waals surface area contributed by atoms with Crippen molar-refractivity contribution < 1.29 is 4.79 Å². The van der Waals surface area contributed by atoms with Gasteiger partial charge in [-0.15, -0.1) is 11.6 Å². The maximum atomic E-state index is 12.7. The van der Waals surface area contributed by atoms with Crippen LogP contribution in [-0.4, -0.2) is 16.8 Å². The van der Waals surface area contributed by atoms with Crippen LogP contribution in [0.2, 0.25) is 0 Å². The van der Waals surface area contributed by atoms with E-state index in [1.54, 1.807) is 0 Å². The molecule has 4 rings (SSSR count). The summed E-state index contributed by atoms with van der Waals surface area (Å²) >= 11 is 6.19. The van der Waals surface area contributed by atoms with Crippen molar-refractivity contribution in [3.8, 4) is 0 Å². The van der Waals surface area contributed by atoms with Gasteiger partial charge in [0.1, 0.15) is 0 Å². The van der Waals surface area contributed by atoms with Gasteiger partial charge in [-0.05, 0) is 76.5 Å². The van der Waals surface area contributed by atoms with Crippen LogP contribution in [0, 0.1) is 29.6 Å². The molecule has 0 aromatic carbocycles. The van der Waals surface area contributed by atoms with E-state index in [9.17, 15) is 4.79 Å². The van der Waals surface area contributed by atoms with Gasteiger partial charge in [-0.2, -0.15) is 0 Å². The van der Waals surface area contributed by atoms with Crippen molar-refractivity contribution >= 4 is 17.5 Å². The van der Waals surface area contributed by atoms with E-state index in [0.717, 1.165) is 11.8 Å². The number of nitrogens with one attached hydrogen (secondary N) is 1. The zero-order valence-corrected chi connectivity index (χ0v) is 13.0. The molecule has 0 aliphatic heterocycles. The molecule has 4 bridgehead atoms. The summed E-state index contributed by atoms with van der Waals surface area (Å²) in [4.78, 5) is 12.7. The fourth-order valence-electron chi connectivity index (χ4n) is 4.85. The smallest absolute Gasteiger partial charge is 0.224 e. The highest BCUT2D eigenvalue weighted by Gasteiger charge is 2.51. The van der Waals surface area contributed by atoms with Crippen LogP contribution in [0.1, 0.15) is 52.9 Å². The predicted molar refractivity (Wildman–Crippen MR) is 78.1 cm³/mol. The Morgan fingerprint density at radius 3 is 2.00 bits per heavy atom. The molecule has 1 atom stereocenters. The average molecular weight is 284 g/mol. The van der Waals surface area contributed by atoms with Gasteiger partial charge in [0.25, 0.3) is 0 Å². The minimum atomic E-state index is -0.312. The fraction of sp³-hybridized carbons (Fsp3) is 0.938. The van der Waals surface area contributed by atoms with Gasteiger partial charge in [-0.3, -0.25) is 4.79 Å². The van der Waals surface area contributed by atoms with Crippen molar-refractivity contribution in [1.82, 2.24) is 5.32 Å². The molecular weight excluding hydrogens is 258 g/mol. The Morgan fingerprint density at radius 2 is 1.58 bits per heavy atom. The number of alkyl halides is 1. The first-order valence-electron chi connectivity index (χ1n) is 7.83. The number of rotatable bonds is 3. The van der Waals surface area contributed by atoms with Crippen LogP contribution in [0.3, 0.4) is 0 Å². The Bertz CT molecular complexity index is 349. The van der Waals surface area contributed by atoms with Crippen molar-refractivity contribution in [3.63, 3.8) is 0 Å². The molecular formula is C16H26ClNO. The lowest BCUT2D eigenvalue weighted by molar-refractivity contribution is -0.139. The lowest BCUT2D eigenvalue weighted by atomic mass is 9.51. The van der Waals surface area contributed by atoms with Gasteiger partial charge in [0, 0.05) is 5.92 Å². The highest BCUT2D eigenvalue weighted by molar-refractivity contribution is 6.21. The molecule has 19 heavy (non-hydrogen) atoms. The van der Waals surface area contributed by atoms with Crippen LogP contribution in [0.4, 0.5) is 0 Å². The topological polar surface area (TPSA) is 29.1 Å². The lowest BCUT2D eigenvalue weighted by Crippen LogP contribution is -2.56. The molecule has 3 heteroatoms. The molecule has 4 aliphatic rings. The van der Waals surface area contributed by atoms with E-state index in [0.29, 0.717) is 11.8 Å². The highest BCUT2D eigenvalue weighted by atomic mass is 35.5. The summed E-state index contributed by atoms with van der Waals surface area (Å²) in [5.74, 6) is 3.68. The zero-order valence-electron chi connectivity index (χ0n) is 12.3. The summed E-state index contributed by atoms with van der Waals surface area (Å²) in [6.07, 6.45) is 6.61. The van der Waals surface area contributed by atoms with E-state index in [2.05, 4.69) is 5.32 Å². The Morgan fingerprint density at radius 1 is 1.11 bits per heavy atom. The Labute approximate surface area is 121 Å². The van der Waals surface area contributed by atoms with E-state index in [4.69, 9.17) is 11.6 Å². The number of carbonyl (C=O) groups is 1. The largest absolute Gasteiger partial charge is 0.349 e. The maximum Gasteiger partial charge on any atom is 0.224 e. The van der Waals surface area contributed by atoms with Gasteiger partial charge in [0.15, 0.2) is 0 Å². The van der Waals surface area contributed by atoms with E-state index in [1.807, 2.05) is 20.8 Å². The second-order valence-corrected chi connectivity index (χ2v) is 8.44. The normalized spacial score (nSPS) is 42.2. The minimum Gasteiger partial charge on any atom is -0.349 e. The third kappa shape index (κ3) is 2.41. The number of halogens is 1. The fourth-order valence-corrected chi connectivity index (χ4v) is 4.91. The molecule has 4 fully saturated rings. The van der Waals surface area contributed by atoms with Crippen molar-refractivity contribution in [2.24, 2.45) is 29.6 Å². The van der Waals surface area contributed by atoms with Crippen LogP contribution in [0.25, 0.3) is 0 Å². The van der Waals surface area contributed by atoms with Crippen molar-refractivity contribution in [2.45, 2.75) is 63.8 Å². The van der Waals surface area contributed by atoms with E-state index in [-0.39, 0.29) is 22.7 Å². The third-order valence-electron chi connectivity index (χ3n) is 5.97. The summed E-state index contributed by atoms with van der Waals surface area (Å²) < 4.78 is 0. The van der Waals surface area contributed by atoms with Crippen LogP contribution in [-0.2, 0) is 4.79 Å². The first kappa shape index (κ1) is 13.7. The summed E-state index contributed by atoms with van der Waals surface area (Å²) in [5, 5.41) is 3.16. The average Bonchev–Trinajstić information content (AvgIpc) is 2.26. The maximum absolute atomic E-state index is 12.7. The highest BCUT2D eigenvalue weighted by Crippen LogP contribution is 2.56. The van der Waals surface area contributed by atoms with E-state index < -0.39 is 0 Å². The lowest BCUT2D eigenvalue weighted by Gasteiger charge is -2.54. The minimum absolute atomic E-state index is 0.0479. The summed E-state index contributed by atoms with van der Waals surface area (Å²) in [6.45, 7) is 6.01. The third-order valence-corrected chi connectivity index (χ3v) is 6.51. The van der Waals surface area contributed by atoms with E-state index in [1.165, 1.54) is 32.1 Å². The first-order chi connectivity index (χ1) is 8.87. The van der Waals surface area contributed by atoms with Gasteiger partial charge in [0.05, 0.1) is 10.9 Å². The monoisotopic (exact) mass is 283 g/mol. The molecule has 1 unspecified atom stereocenters. The zero-order chi connectivity index (χ0) is 13.8. The molecule has 108 valence electrons. The molecule has 1 amide bonds.